The Labute approximate surface area is 199 Å². The third kappa shape index (κ3) is 4.22. The minimum atomic E-state index is -0.132. The molecule has 2 atom stereocenters. The Morgan fingerprint density at radius 2 is 1.84 bits per heavy atom. The molecule has 1 N–H and O–H groups in total. The van der Waals surface area contributed by atoms with Crippen molar-refractivity contribution in [1.82, 2.24) is 29.6 Å². The first-order chi connectivity index (χ1) is 15.2. The van der Waals surface area contributed by atoms with Crippen LogP contribution in [-0.2, 0) is 0 Å². The fraction of sp³-hybridized carbons (Fsp3) is 0.364. The van der Waals surface area contributed by atoms with E-state index < -0.39 is 0 Å². The van der Waals surface area contributed by atoms with E-state index in [-0.39, 0.29) is 16.9 Å². The van der Waals surface area contributed by atoms with Gasteiger partial charge in [-0.05, 0) is 71.6 Å². The van der Waals surface area contributed by atoms with E-state index in [0.29, 0.717) is 16.2 Å². The van der Waals surface area contributed by atoms with Gasteiger partial charge in [0.1, 0.15) is 10.7 Å². The van der Waals surface area contributed by atoms with Gasteiger partial charge in [-0.25, -0.2) is 4.98 Å². The zero-order valence-corrected chi connectivity index (χ0v) is 21.2. The molecule has 0 aliphatic heterocycles. The van der Waals surface area contributed by atoms with Gasteiger partial charge in [-0.15, -0.1) is 21.5 Å². The van der Waals surface area contributed by atoms with E-state index in [1.54, 1.807) is 11.3 Å². The number of halogens is 1. The topological polar surface area (TPSA) is 79.7 Å². The second-order valence-corrected chi connectivity index (χ2v) is 10.9. The first-order valence-electron chi connectivity index (χ1n) is 10.2. The van der Waals surface area contributed by atoms with Crippen LogP contribution in [0, 0.1) is 13.8 Å². The molecule has 4 rings (SSSR count). The molecular formula is C22H25ClN6OS2. The molecule has 3 aromatic heterocycles. The van der Waals surface area contributed by atoms with Crippen molar-refractivity contribution in [2.75, 3.05) is 14.1 Å². The lowest BCUT2D eigenvalue weighted by molar-refractivity contribution is 0.305. The number of nitrogens with one attached hydrogen (secondary N) is 1. The predicted molar refractivity (Wildman–Crippen MR) is 132 cm³/mol. The summed E-state index contributed by atoms with van der Waals surface area (Å²) in [5.74, 6) is 1.45. The number of aryl methyl sites for hydroxylation is 2. The lowest BCUT2D eigenvalue weighted by Gasteiger charge is -2.21. The Hall–Kier alpha value is -2.20. The highest BCUT2D eigenvalue weighted by Crippen LogP contribution is 2.36. The van der Waals surface area contributed by atoms with Gasteiger partial charge in [0.05, 0.1) is 16.7 Å². The number of hydrogen-bond donors (Lipinski definition) is 1. The monoisotopic (exact) mass is 488 g/mol. The van der Waals surface area contributed by atoms with Crippen LogP contribution in [0.15, 0.2) is 34.2 Å². The molecule has 0 radical (unpaired) electrons. The number of nitrogens with zero attached hydrogens (tertiary/aromatic N) is 5. The number of aromatic nitrogens is 5. The van der Waals surface area contributed by atoms with Crippen molar-refractivity contribution in [2.24, 2.45) is 0 Å². The highest BCUT2D eigenvalue weighted by Gasteiger charge is 2.24. The SMILES string of the molecule is Cc1sc2nc(C(C)Sc3nnc(C(C)N(C)C)n3-c3ccc(Cl)cc3)[nH]c(=O)c2c1C. The average Bonchev–Trinajstić information content (AvgIpc) is 3.28. The molecule has 0 spiro atoms. The van der Waals surface area contributed by atoms with Gasteiger partial charge in [-0.3, -0.25) is 14.3 Å². The van der Waals surface area contributed by atoms with E-state index in [1.165, 1.54) is 11.8 Å². The van der Waals surface area contributed by atoms with Gasteiger partial charge in [0.2, 0.25) is 0 Å². The van der Waals surface area contributed by atoms with Gasteiger partial charge < -0.3 is 4.98 Å². The van der Waals surface area contributed by atoms with Gasteiger partial charge in [-0.2, -0.15) is 0 Å². The number of rotatable bonds is 6. The number of aromatic amines is 1. The Morgan fingerprint density at radius 1 is 1.16 bits per heavy atom. The number of thiophene rings is 1. The molecule has 4 aromatic rings. The average molecular weight is 489 g/mol. The number of fused-ring (bicyclic) bond motifs is 1. The van der Waals surface area contributed by atoms with Gasteiger partial charge in [0, 0.05) is 15.6 Å². The summed E-state index contributed by atoms with van der Waals surface area (Å²) in [6, 6.07) is 7.67. The van der Waals surface area contributed by atoms with E-state index in [0.717, 1.165) is 31.9 Å². The van der Waals surface area contributed by atoms with E-state index in [1.807, 2.05) is 63.7 Å². The lowest BCUT2D eigenvalue weighted by Crippen LogP contribution is -2.20. The highest BCUT2D eigenvalue weighted by atomic mass is 35.5. The molecule has 0 saturated carbocycles. The minimum absolute atomic E-state index is 0.0502. The van der Waals surface area contributed by atoms with Crippen molar-refractivity contribution in [2.45, 2.75) is 44.1 Å². The normalized spacial score (nSPS) is 13.8. The lowest BCUT2D eigenvalue weighted by atomic mass is 10.2. The molecule has 7 nitrogen and oxygen atoms in total. The Balaban J connectivity index is 1.75. The van der Waals surface area contributed by atoms with Crippen LogP contribution in [0.5, 0.6) is 0 Å². The third-order valence-electron chi connectivity index (χ3n) is 5.62. The zero-order valence-electron chi connectivity index (χ0n) is 18.8. The second-order valence-electron chi connectivity index (χ2n) is 7.97. The van der Waals surface area contributed by atoms with Gasteiger partial charge in [-0.1, -0.05) is 23.4 Å². The Morgan fingerprint density at radius 3 is 2.50 bits per heavy atom. The first kappa shape index (κ1) is 23.0. The van der Waals surface area contributed by atoms with Crippen LogP contribution in [0.4, 0.5) is 0 Å². The van der Waals surface area contributed by atoms with Crippen LogP contribution in [0.2, 0.25) is 5.02 Å². The molecule has 168 valence electrons. The van der Waals surface area contributed by atoms with Crippen LogP contribution in [0.1, 0.15) is 47.2 Å². The number of hydrogen-bond acceptors (Lipinski definition) is 7. The van der Waals surface area contributed by atoms with Crippen LogP contribution < -0.4 is 5.56 Å². The Bertz CT molecular complexity index is 1320. The van der Waals surface area contributed by atoms with E-state index in [4.69, 9.17) is 16.6 Å². The molecule has 10 heteroatoms. The summed E-state index contributed by atoms with van der Waals surface area (Å²) in [5, 5.41) is 10.9. The van der Waals surface area contributed by atoms with Crippen molar-refractivity contribution in [3.8, 4) is 5.69 Å². The van der Waals surface area contributed by atoms with Gasteiger partial charge >= 0.3 is 0 Å². The molecule has 2 unspecified atom stereocenters. The molecule has 0 amide bonds. The maximum absolute atomic E-state index is 12.7. The summed E-state index contributed by atoms with van der Waals surface area (Å²) < 4.78 is 2.04. The predicted octanol–water partition coefficient (Wildman–Crippen LogP) is 5.31. The number of benzene rings is 1. The molecule has 0 aliphatic carbocycles. The maximum Gasteiger partial charge on any atom is 0.259 e. The second kappa shape index (κ2) is 8.97. The summed E-state index contributed by atoms with van der Waals surface area (Å²) in [4.78, 5) is 24.4. The molecule has 0 aliphatic rings. The summed E-state index contributed by atoms with van der Waals surface area (Å²) in [7, 11) is 4.02. The molecular weight excluding hydrogens is 464 g/mol. The van der Waals surface area contributed by atoms with Crippen molar-refractivity contribution in [1.29, 1.82) is 0 Å². The molecule has 0 bridgehead atoms. The highest BCUT2D eigenvalue weighted by molar-refractivity contribution is 7.99. The number of H-pyrrole nitrogens is 1. The van der Waals surface area contributed by atoms with Crippen LogP contribution in [-0.4, -0.2) is 43.7 Å². The van der Waals surface area contributed by atoms with Crippen molar-refractivity contribution < 1.29 is 0 Å². The smallest absolute Gasteiger partial charge is 0.259 e. The van der Waals surface area contributed by atoms with Crippen LogP contribution >= 0.6 is 34.7 Å². The van der Waals surface area contributed by atoms with E-state index >= 15 is 0 Å². The summed E-state index contributed by atoms with van der Waals surface area (Å²) >= 11 is 9.17. The van der Waals surface area contributed by atoms with Gasteiger partial charge in [0.15, 0.2) is 11.0 Å². The van der Waals surface area contributed by atoms with Crippen LogP contribution in [0.3, 0.4) is 0 Å². The van der Waals surface area contributed by atoms with E-state index in [9.17, 15) is 4.79 Å². The largest absolute Gasteiger partial charge is 0.309 e. The van der Waals surface area contributed by atoms with Crippen molar-refractivity contribution >= 4 is 44.9 Å². The fourth-order valence-corrected chi connectivity index (χ4v) is 5.46. The van der Waals surface area contributed by atoms with Crippen molar-refractivity contribution in [3.05, 3.63) is 61.7 Å². The van der Waals surface area contributed by atoms with Crippen LogP contribution in [0.25, 0.3) is 15.9 Å². The molecule has 32 heavy (non-hydrogen) atoms. The summed E-state index contributed by atoms with van der Waals surface area (Å²) in [6.07, 6.45) is 0. The third-order valence-corrected chi connectivity index (χ3v) is 8.02. The van der Waals surface area contributed by atoms with Crippen molar-refractivity contribution in [3.63, 3.8) is 0 Å². The number of thioether (sulfide) groups is 1. The van der Waals surface area contributed by atoms with Gasteiger partial charge in [0.25, 0.3) is 5.56 Å². The van der Waals surface area contributed by atoms with E-state index in [2.05, 4.69) is 27.0 Å². The summed E-state index contributed by atoms with van der Waals surface area (Å²) in [6.45, 7) is 8.08. The molecule has 0 fully saturated rings. The first-order valence-corrected chi connectivity index (χ1v) is 12.3. The molecule has 3 heterocycles. The summed E-state index contributed by atoms with van der Waals surface area (Å²) in [5.41, 5.74) is 1.83. The maximum atomic E-state index is 12.7. The molecule has 1 aromatic carbocycles. The minimum Gasteiger partial charge on any atom is -0.309 e. The molecule has 0 saturated heterocycles. The standard InChI is InChI=1S/C22H25ClN6OS2/c1-11-13(3)31-21-17(11)20(30)24-18(25-21)14(4)32-22-27-26-19(12(2)28(5)6)29(22)16-9-7-15(23)8-10-16/h7-10,12,14H,1-6H3,(H,24,25,30). The fourth-order valence-electron chi connectivity index (χ4n) is 3.37. The zero-order chi connectivity index (χ0) is 23.2. The quantitative estimate of drug-likeness (QED) is 0.370. The Kier molecular flexibility index (Phi) is 6.44.